The summed E-state index contributed by atoms with van der Waals surface area (Å²) >= 11 is 0. The van der Waals surface area contributed by atoms with Crippen LogP contribution in [-0.4, -0.2) is 65.6 Å². The van der Waals surface area contributed by atoms with Crippen molar-refractivity contribution in [2.45, 2.75) is 25.7 Å². The van der Waals surface area contributed by atoms with Crippen molar-refractivity contribution in [3.63, 3.8) is 0 Å². The summed E-state index contributed by atoms with van der Waals surface area (Å²) in [5.74, 6) is 0. The molecule has 0 saturated heterocycles. The first-order valence-electron chi connectivity index (χ1n) is 6.72. The molecule has 0 unspecified atom stereocenters. The zero-order valence-corrected chi connectivity index (χ0v) is 11.8. The molecule has 0 aliphatic carbocycles. The lowest BCUT2D eigenvalue weighted by molar-refractivity contribution is 0.0985. The van der Waals surface area contributed by atoms with Crippen molar-refractivity contribution in [2.75, 3.05) is 60.7 Å². The minimum Gasteiger partial charge on any atom is -0.381 e. The van der Waals surface area contributed by atoms with Crippen molar-refractivity contribution in [1.29, 1.82) is 0 Å². The summed E-state index contributed by atoms with van der Waals surface area (Å²) in [5, 5.41) is 3.10. The van der Waals surface area contributed by atoms with Gasteiger partial charge >= 0.3 is 0 Å². The second-order valence-corrected chi connectivity index (χ2v) is 4.55. The molecule has 0 aromatic heterocycles. The molecule has 1 N–H and O–H groups in total. The molecule has 0 rings (SSSR count). The van der Waals surface area contributed by atoms with Crippen molar-refractivity contribution in [1.82, 2.24) is 10.2 Å². The number of nitrogens with zero attached hydrogens (tertiary/aromatic N) is 1. The van der Waals surface area contributed by atoms with Gasteiger partial charge in [-0.2, -0.15) is 0 Å². The molecular weight excluding hydrogens is 216 g/mol. The van der Waals surface area contributed by atoms with Gasteiger partial charge in [-0.15, -0.1) is 0 Å². The summed E-state index contributed by atoms with van der Waals surface area (Å²) in [5.41, 5.74) is 0. The van der Waals surface area contributed by atoms with E-state index in [1.807, 2.05) is 7.05 Å². The van der Waals surface area contributed by atoms with E-state index in [9.17, 15) is 0 Å². The van der Waals surface area contributed by atoms with Crippen molar-refractivity contribution < 1.29 is 9.47 Å². The van der Waals surface area contributed by atoms with E-state index in [2.05, 4.69) is 24.3 Å². The van der Waals surface area contributed by atoms with Gasteiger partial charge in [0.25, 0.3) is 0 Å². The molecule has 0 radical (unpaired) electrons. The Morgan fingerprint density at radius 3 is 1.88 bits per heavy atom. The van der Waals surface area contributed by atoms with Crippen molar-refractivity contribution in [2.24, 2.45) is 0 Å². The van der Waals surface area contributed by atoms with E-state index in [4.69, 9.17) is 9.47 Å². The summed E-state index contributed by atoms with van der Waals surface area (Å²) in [6.07, 6.45) is 4.42. The topological polar surface area (TPSA) is 33.7 Å². The van der Waals surface area contributed by atoms with E-state index in [0.717, 1.165) is 65.2 Å². The molecule has 0 amide bonds. The molecule has 4 nitrogen and oxygen atoms in total. The lowest BCUT2D eigenvalue weighted by Gasteiger charge is -2.09. The smallest absolute Gasteiger partial charge is 0.0478 e. The average Bonchev–Trinajstić information content (AvgIpc) is 2.30. The van der Waals surface area contributed by atoms with Crippen LogP contribution < -0.4 is 5.32 Å². The summed E-state index contributed by atoms with van der Waals surface area (Å²) < 4.78 is 11.0. The molecule has 104 valence electrons. The second kappa shape index (κ2) is 13.9. The first-order valence-corrected chi connectivity index (χ1v) is 6.72. The first kappa shape index (κ1) is 16.8. The first-order chi connectivity index (χ1) is 8.27. The van der Waals surface area contributed by atoms with Crippen LogP contribution in [0.1, 0.15) is 25.7 Å². The standard InChI is InChI=1S/C13H30N2O2/c1-14-8-6-12-16-10-4-5-11-17-13-7-9-15(2)3/h14H,4-13H2,1-3H3. The van der Waals surface area contributed by atoms with Crippen LogP contribution >= 0.6 is 0 Å². The molecule has 0 fully saturated rings. The predicted octanol–water partition coefficient (Wildman–Crippen LogP) is 1.36. The van der Waals surface area contributed by atoms with E-state index in [1.54, 1.807) is 0 Å². The number of hydrogen-bond acceptors (Lipinski definition) is 4. The molecule has 0 heterocycles. The van der Waals surface area contributed by atoms with Crippen LogP contribution in [-0.2, 0) is 9.47 Å². The Kier molecular flexibility index (Phi) is 13.8. The van der Waals surface area contributed by atoms with Gasteiger partial charge in [-0.05, 0) is 59.9 Å². The van der Waals surface area contributed by atoms with E-state index >= 15 is 0 Å². The van der Waals surface area contributed by atoms with Crippen molar-refractivity contribution in [3.05, 3.63) is 0 Å². The summed E-state index contributed by atoms with van der Waals surface area (Å²) in [4.78, 5) is 2.18. The van der Waals surface area contributed by atoms with E-state index in [1.165, 1.54) is 0 Å². The van der Waals surface area contributed by atoms with Gasteiger partial charge in [0.05, 0.1) is 0 Å². The van der Waals surface area contributed by atoms with Gasteiger partial charge in [-0.25, -0.2) is 0 Å². The molecule has 0 bridgehead atoms. The average molecular weight is 246 g/mol. The molecule has 0 saturated carbocycles. The highest BCUT2D eigenvalue weighted by molar-refractivity contribution is 4.44. The van der Waals surface area contributed by atoms with Crippen LogP contribution in [0.5, 0.6) is 0 Å². The zero-order valence-electron chi connectivity index (χ0n) is 11.8. The number of rotatable bonds is 13. The Bertz CT molecular complexity index is 143. The highest BCUT2D eigenvalue weighted by Gasteiger charge is 1.93. The summed E-state index contributed by atoms with van der Waals surface area (Å²) in [7, 11) is 6.14. The van der Waals surface area contributed by atoms with Gasteiger partial charge in [0.2, 0.25) is 0 Å². The number of hydrogen-bond donors (Lipinski definition) is 1. The van der Waals surface area contributed by atoms with Crippen LogP contribution in [0.15, 0.2) is 0 Å². The molecule has 4 heteroatoms. The third-order valence-corrected chi connectivity index (χ3v) is 2.44. The lowest BCUT2D eigenvalue weighted by Crippen LogP contribution is -2.15. The third-order valence-electron chi connectivity index (χ3n) is 2.44. The normalized spacial score (nSPS) is 11.3. The van der Waals surface area contributed by atoms with Gasteiger partial charge in [-0.3, -0.25) is 0 Å². The van der Waals surface area contributed by atoms with Crippen LogP contribution in [0.4, 0.5) is 0 Å². The van der Waals surface area contributed by atoms with Crippen LogP contribution in [0.2, 0.25) is 0 Å². The van der Waals surface area contributed by atoms with Gasteiger partial charge in [0.15, 0.2) is 0 Å². The number of nitrogens with one attached hydrogen (secondary N) is 1. The summed E-state index contributed by atoms with van der Waals surface area (Å²) in [6, 6.07) is 0. The predicted molar refractivity (Wildman–Crippen MR) is 72.6 cm³/mol. The van der Waals surface area contributed by atoms with Gasteiger partial charge in [-0.1, -0.05) is 0 Å². The minimum absolute atomic E-state index is 0.866. The molecule has 0 aromatic carbocycles. The number of unbranched alkanes of at least 4 members (excludes halogenated alkanes) is 1. The SMILES string of the molecule is CNCCCOCCCCOCCCN(C)C. The fourth-order valence-corrected chi connectivity index (χ4v) is 1.45. The second-order valence-electron chi connectivity index (χ2n) is 4.55. The van der Waals surface area contributed by atoms with Crippen molar-refractivity contribution >= 4 is 0 Å². The largest absolute Gasteiger partial charge is 0.381 e. The quantitative estimate of drug-likeness (QED) is 0.498. The lowest BCUT2D eigenvalue weighted by atomic mass is 10.3. The Morgan fingerprint density at radius 1 is 0.824 bits per heavy atom. The fraction of sp³-hybridized carbons (Fsp3) is 1.00. The Morgan fingerprint density at radius 2 is 1.35 bits per heavy atom. The highest BCUT2D eigenvalue weighted by atomic mass is 16.5. The molecule has 0 aliphatic heterocycles. The molecule has 17 heavy (non-hydrogen) atoms. The Balaban J connectivity index is 2.89. The van der Waals surface area contributed by atoms with E-state index in [-0.39, 0.29) is 0 Å². The number of ether oxygens (including phenoxy) is 2. The van der Waals surface area contributed by atoms with Gasteiger partial charge in [0, 0.05) is 26.4 Å². The molecule has 0 aliphatic rings. The van der Waals surface area contributed by atoms with Gasteiger partial charge in [0.1, 0.15) is 0 Å². The molecular formula is C13H30N2O2. The Hall–Kier alpha value is -0.160. The summed E-state index contributed by atoms with van der Waals surface area (Å²) in [6.45, 7) is 5.62. The minimum atomic E-state index is 0.866. The maximum Gasteiger partial charge on any atom is 0.0478 e. The molecule has 0 spiro atoms. The molecule has 0 aromatic rings. The Labute approximate surface area is 107 Å². The van der Waals surface area contributed by atoms with Crippen LogP contribution in [0.25, 0.3) is 0 Å². The zero-order chi connectivity index (χ0) is 12.8. The van der Waals surface area contributed by atoms with Crippen LogP contribution in [0, 0.1) is 0 Å². The third kappa shape index (κ3) is 15.8. The van der Waals surface area contributed by atoms with E-state index in [0.29, 0.717) is 0 Å². The monoisotopic (exact) mass is 246 g/mol. The van der Waals surface area contributed by atoms with Gasteiger partial charge < -0.3 is 19.7 Å². The van der Waals surface area contributed by atoms with E-state index < -0.39 is 0 Å². The highest BCUT2D eigenvalue weighted by Crippen LogP contribution is 1.94. The maximum atomic E-state index is 5.54. The molecule has 0 atom stereocenters. The van der Waals surface area contributed by atoms with Crippen molar-refractivity contribution in [3.8, 4) is 0 Å². The fourth-order valence-electron chi connectivity index (χ4n) is 1.45. The van der Waals surface area contributed by atoms with Crippen LogP contribution in [0.3, 0.4) is 0 Å². The maximum absolute atomic E-state index is 5.54.